The molecule has 1 aromatic heterocycles. The number of ether oxygens (including phenoxy) is 1. The molecule has 1 unspecified atom stereocenters. The Bertz CT molecular complexity index is 954. The maximum atomic E-state index is 13.8. The number of amides is 1. The molecule has 7 heteroatoms. The lowest BCUT2D eigenvalue weighted by molar-refractivity contribution is -0.119. The molecule has 27 heavy (non-hydrogen) atoms. The van der Waals surface area contributed by atoms with Gasteiger partial charge in [0.05, 0.1) is 23.9 Å². The topological polar surface area (TPSA) is 63.2 Å². The first kappa shape index (κ1) is 17.6. The molecule has 1 fully saturated rings. The zero-order valence-corrected chi connectivity index (χ0v) is 15.3. The standard InChI is InChI=1S/C20H18FN3O2S/c21-16-6-1-2-7-17(16)23-20-24-18(12-27-20)13-4-3-5-15(10-13)22-19(25)14-8-9-26-11-14/h1-7,10,12,14H,8-9,11H2,(H,22,25)(H,23,24). The fourth-order valence-corrected chi connectivity index (χ4v) is 3.62. The Morgan fingerprint density at radius 3 is 2.93 bits per heavy atom. The van der Waals surface area contributed by atoms with Crippen molar-refractivity contribution in [1.29, 1.82) is 0 Å². The second kappa shape index (κ2) is 7.85. The Kier molecular flexibility index (Phi) is 5.13. The van der Waals surface area contributed by atoms with Gasteiger partial charge in [0.15, 0.2) is 5.13 Å². The molecule has 2 aromatic carbocycles. The molecular weight excluding hydrogens is 365 g/mol. The van der Waals surface area contributed by atoms with E-state index in [0.717, 1.165) is 23.4 Å². The Hall–Kier alpha value is -2.77. The highest BCUT2D eigenvalue weighted by Gasteiger charge is 2.23. The van der Waals surface area contributed by atoms with E-state index in [2.05, 4.69) is 15.6 Å². The van der Waals surface area contributed by atoms with Gasteiger partial charge in [-0.15, -0.1) is 11.3 Å². The van der Waals surface area contributed by atoms with Crippen LogP contribution in [0.1, 0.15) is 6.42 Å². The van der Waals surface area contributed by atoms with Gasteiger partial charge in [-0.05, 0) is 30.7 Å². The molecule has 0 bridgehead atoms. The highest BCUT2D eigenvalue weighted by molar-refractivity contribution is 7.14. The lowest BCUT2D eigenvalue weighted by atomic mass is 10.1. The molecule has 2 N–H and O–H groups in total. The maximum Gasteiger partial charge on any atom is 0.229 e. The van der Waals surface area contributed by atoms with Crippen molar-refractivity contribution in [3.8, 4) is 11.3 Å². The smallest absolute Gasteiger partial charge is 0.229 e. The third-order valence-electron chi connectivity index (χ3n) is 4.35. The van der Waals surface area contributed by atoms with Crippen molar-refractivity contribution >= 4 is 33.8 Å². The summed E-state index contributed by atoms with van der Waals surface area (Å²) < 4.78 is 19.0. The van der Waals surface area contributed by atoms with Crippen molar-refractivity contribution in [1.82, 2.24) is 4.98 Å². The van der Waals surface area contributed by atoms with Crippen LogP contribution in [0, 0.1) is 11.7 Å². The van der Waals surface area contributed by atoms with Crippen molar-refractivity contribution in [2.24, 2.45) is 5.92 Å². The van der Waals surface area contributed by atoms with E-state index < -0.39 is 0 Å². The zero-order valence-electron chi connectivity index (χ0n) is 14.4. The summed E-state index contributed by atoms with van der Waals surface area (Å²) in [6.45, 7) is 1.11. The average molecular weight is 383 g/mol. The number of nitrogens with one attached hydrogen (secondary N) is 2. The van der Waals surface area contributed by atoms with Crippen LogP contribution in [0.3, 0.4) is 0 Å². The van der Waals surface area contributed by atoms with Gasteiger partial charge in [-0.25, -0.2) is 9.37 Å². The van der Waals surface area contributed by atoms with Gasteiger partial charge in [-0.2, -0.15) is 0 Å². The normalized spacial score (nSPS) is 16.3. The van der Waals surface area contributed by atoms with E-state index >= 15 is 0 Å². The average Bonchev–Trinajstić information content (AvgIpc) is 3.36. The fraction of sp³-hybridized carbons (Fsp3) is 0.200. The Balaban J connectivity index is 1.48. The summed E-state index contributed by atoms with van der Waals surface area (Å²) in [4.78, 5) is 16.8. The first-order valence-corrected chi connectivity index (χ1v) is 9.53. The molecule has 1 saturated heterocycles. The van der Waals surface area contributed by atoms with Gasteiger partial charge in [0.25, 0.3) is 0 Å². The molecule has 3 aromatic rings. The second-order valence-electron chi connectivity index (χ2n) is 6.27. The summed E-state index contributed by atoms with van der Waals surface area (Å²) in [6.07, 6.45) is 0.753. The minimum absolute atomic E-state index is 0.0233. The summed E-state index contributed by atoms with van der Waals surface area (Å²) in [5.41, 5.74) is 2.76. The molecule has 2 heterocycles. The van der Waals surface area contributed by atoms with Gasteiger partial charge < -0.3 is 15.4 Å². The number of para-hydroxylation sites is 1. The Morgan fingerprint density at radius 2 is 2.11 bits per heavy atom. The highest BCUT2D eigenvalue weighted by atomic mass is 32.1. The van der Waals surface area contributed by atoms with Crippen LogP contribution in [-0.2, 0) is 9.53 Å². The zero-order chi connectivity index (χ0) is 18.6. The molecular formula is C20H18FN3O2S. The molecule has 0 saturated carbocycles. The third kappa shape index (κ3) is 4.15. The van der Waals surface area contributed by atoms with Gasteiger partial charge >= 0.3 is 0 Å². The van der Waals surface area contributed by atoms with Crippen molar-refractivity contribution in [3.05, 3.63) is 59.7 Å². The van der Waals surface area contributed by atoms with Crippen LogP contribution in [0.25, 0.3) is 11.3 Å². The van der Waals surface area contributed by atoms with E-state index in [1.807, 2.05) is 29.6 Å². The van der Waals surface area contributed by atoms with Crippen molar-refractivity contribution < 1.29 is 13.9 Å². The third-order valence-corrected chi connectivity index (χ3v) is 5.10. The number of benzene rings is 2. The van der Waals surface area contributed by atoms with Gasteiger partial charge in [-0.3, -0.25) is 4.79 Å². The summed E-state index contributed by atoms with van der Waals surface area (Å²) in [5.74, 6) is -0.441. The van der Waals surface area contributed by atoms with Crippen molar-refractivity contribution in [3.63, 3.8) is 0 Å². The highest BCUT2D eigenvalue weighted by Crippen LogP contribution is 2.29. The molecule has 1 amide bonds. The number of aromatic nitrogens is 1. The summed E-state index contributed by atoms with van der Waals surface area (Å²) >= 11 is 1.40. The Labute approximate surface area is 160 Å². The molecule has 0 aliphatic carbocycles. The number of hydrogen-bond acceptors (Lipinski definition) is 5. The summed E-state index contributed by atoms with van der Waals surface area (Å²) in [5, 5.41) is 8.44. The number of carbonyl (C=O) groups excluding carboxylic acids is 1. The monoisotopic (exact) mass is 383 g/mol. The van der Waals surface area contributed by atoms with E-state index in [1.165, 1.54) is 17.4 Å². The van der Waals surface area contributed by atoms with Crippen LogP contribution in [0.5, 0.6) is 0 Å². The van der Waals surface area contributed by atoms with Gasteiger partial charge in [0.2, 0.25) is 5.91 Å². The molecule has 0 radical (unpaired) electrons. The van der Waals surface area contributed by atoms with Crippen LogP contribution in [0.4, 0.5) is 20.9 Å². The lowest BCUT2D eigenvalue weighted by Gasteiger charge is -2.10. The molecule has 1 aliphatic rings. The Morgan fingerprint density at radius 1 is 1.22 bits per heavy atom. The first-order valence-electron chi connectivity index (χ1n) is 8.65. The van der Waals surface area contributed by atoms with E-state index in [-0.39, 0.29) is 17.6 Å². The SMILES string of the molecule is O=C(Nc1cccc(-c2csc(Nc3ccccc3F)n2)c1)C1CCOC1. The minimum Gasteiger partial charge on any atom is -0.381 e. The minimum atomic E-state index is -0.324. The summed E-state index contributed by atoms with van der Waals surface area (Å²) in [6, 6.07) is 14.0. The van der Waals surface area contributed by atoms with Crippen LogP contribution in [0.15, 0.2) is 53.9 Å². The number of nitrogens with zero attached hydrogens (tertiary/aromatic N) is 1. The van der Waals surface area contributed by atoms with Gasteiger partial charge in [-0.1, -0.05) is 24.3 Å². The van der Waals surface area contributed by atoms with Crippen LogP contribution >= 0.6 is 11.3 Å². The van der Waals surface area contributed by atoms with Crippen molar-refractivity contribution in [2.45, 2.75) is 6.42 Å². The van der Waals surface area contributed by atoms with E-state index in [0.29, 0.717) is 24.0 Å². The van der Waals surface area contributed by atoms with Gasteiger partial charge in [0.1, 0.15) is 5.82 Å². The molecule has 1 aliphatic heterocycles. The molecule has 4 rings (SSSR count). The first-order chi connectivity index (χ1) is 13.2. The second-order valence-corrected chi connectivity index (χ2v) is 7.13. The van der Waals surface area contributed by atoms with Crippen LogP contribution < -0.4 is 10.6 Å². The predicted octanol–water partition coefficient (Wildman–Crippen LogP) is 4.67. The molecule has 1 atom stereocenters. The number of thiazole rings is 1. The van der Waals surface area contributed by atoms with Crippen molar-refractivity contribution in [2.75, 3.05) is 23.8 Å². The molecule has 0 spiro atoms. The number of carbonyl (C=O) groups is 1. The van der Waals surface area contributed by atoms with E-state index in [4.69, 9.17) is 4.74 Å². The fourth-order valence-electron chi connectivity index (χ4n) is 2.88. The van der Waals surface area contributed by atoms with Crippen LogP contribution in [-0.4, -0.2) is 24.1 Å². The predicted molar refractivity (Wildman–Crippen MR) is 105 cm³/mol. The van der Waals surface area contributed by atoms with Gasteiger partial charge in [0, 0.05) is 23.2 Å². The molecule has 5 nitrogen and oxygen atoms in total. The number of halogens is 1. The largest absolute Gasteiger partial charge is 0.381 e. The number of hydrogen-bond donors (Lipinski definition) is 2. The quantitative estimate of drug-likeness (QED) is 0.672. The lowest BCUT2D eigenvalue weighted by Crippen LogP contribution is -2.22. The summed E-state index contributed by atoms with van der Waals surface area (Å²) in [7, 11) is 0. The number of anilines is 3. The van der Waals surface area contributed by atoms with E-state index in [9.17, 15) is 9.18 Å². The van der Waals surface area contributed by atoms with Crippen LogP contribution in [0.2, 0.25) is 0 Å². The number of rotatable bonds is 5. The maximum absolute atomic E-state index is 13.8. The van der Waals surface area contributed by atoms with E-state index in [1.54, 1.807) is 18.2 Å². The molecule has 138 valence electrons.